The summed E-state index contributed by atoms with van der Waals surface area (Å²) < 4.78 is 5.09. The van der Waals surface area contributed by atoms with Crippen LogP contribution in [0.3, 0.4) is 0 Å². The van der Waals surface area contributed by atoms with E-state index in [9.17, 15) is 19.6 Å². The molecule has 0 bridgehead atoms. The number of aromatic nitrogens is 1. The molecule has 0 fully saturated rings. The molecule has 2 aromatic rings. The summed E-state index contributed by atoms with van der Waals surface area (Å²) in [6.45, 7) is 3.07. The van der Waals surface area contributed by atoms with Crippen LogP contribution in [0.25, 0.3) is 0 Å². The zero-order valence-electron chi connectivity index (χ0n) is 14.5. The largest absolute Gasteiger partial charge is 0.452 e. The number of carbonyl (C=O) groups excluding carboxylic acids is 2. The van der Waals surface area contributed by atoms with E-state index in [1.165, 1.54) is 13.0 Å². The number of pyridine rings is 1. The van der Waals surface area contributed by atoms with Gasteiger partial charge in [-0.15, -0.1) is 0 Å². The number of nitriles is 1. The summed E-state index contributed by atoms with van der Waals surface area (Å²) in [5.41, 5.74) is 0.855. The molecule has 9 heteroatoms. The summed E-state index contributed by atoms with van der Waals surface area (Å²) in [6, 6.07) is 9.98. The van der Waals surface area contributed by atoms with Gasteiger partial charge in [0.05, 0.1) is 27.1 Å². The van der Waals surface area contributed by atoms with Crippen LogP contribution in [0.4, 0.5) is 5.69 Å². The number of para-hydroxylation sites is 1. The van der Waals surface area contributed by atoms with Crippen molar-refractivity contribution in [2.24, 2.45) is 0 Å². The molecule has 1 atom stereocenters. The number of thioether (sulfide) groups is 1. The Hall–Kier alpha value is -2.76. The Morgan fingerprint density at radius 1 is 1.41 bits per heavy atom. The van der Waals surface area contributed by atoms with E-state index in [1.54, 1.807) is 31.2 Å². The number of nitrogens with zero attached hydrogens (tertiary/aromatic N) is 1. The topological polar surface area (TPSA) is 112 Å². The number of halogens is 1. The maximum absolute atomic E-state index is 12.1. The second kappa shape index (κ2) is 9.26. The lowest BCUT2D eigenvalue weighted by molar-refractivity contribution is -0.150. The lowest BCUT2D eigenvalue weighted by atomic mass is 10.2. The highest BCUT2D eigenvalue weighted by atomic mass is 35.5. The van der Waals surface area contributed by atoms with Crippen molar-refractivity contribution in [3.05, 3.63) is 56.8 Å². The molecule has 140 valence electrons. The zero-order chi connectivity index (χ0) is 20.0. The maximum Gasteiger partial charge on any atom is 0.317 e. The average Bonchev–Trinajstić information content (AvgIpc) is 2.61. The van der Waals surface area contributed by atoms with Crippen LogP contribution in [0.2, 0.25) is 5.02 Å². The lowest BCUT2D eigenvalue weighted by Gasteiger charge is -2.14. The predicted octanol–water partition coefficient (Wildman–Crippen LogP) is 2.87. The molecule has 0 saturated heterocycles. The number of rotatable bonds is 6. The molecule has 0 aliphatic rings. The van der Waals surface area contributed by atoms with Gasteiger partial charge in [0, 0.05) is 6.07 Å². The van der Waals surface area contributed by atoms with Crippen molar-refractivity contribution in [1.82, 2.24) is 4.98 Å². The minimum atomic E-state index is -1.04. The number of ether oxygens (including phenoxy) is 1. The van der Waals surface area contributed by atoms with Crippen molar-refractivity contribution in [3.63, 3.8) is 0 Å². The highest BCUT2D eigenvalue weighted by molar-refractivity contribution is 7.99. The van der Waals surface area contributed by atoms with E-state index in [0.717, 1.165) is 11.8 Å². The number of aromatic amines is 1. The summed E-state index contributed by atoms with van der Waals surface area (Å²) in [5.74, 6) is -1.35. The van der Waals surface area contributed by atoms with E-state index in [1.807, 2.05) is 6.07 Å². The second-order valence-electron chi connectivity index (χ2n) is 5.52. The van der Waals surface area contributed by atoms with Gasteiger partial charge in [-0.3, -0.25) is 14.4 Å². The van der Waals surface area contributed by atoms with E-state index in [-0.39, 0.29) is 21.9 Å². The van der Waals surface area contributed by atoms with Crippen molar-refractivity contribution in [3.8, 4) is 6.07 Å². The van der Waals surface area contributed by atoms with Crippen LogP contribution in [0.15, 0.2) is 40.2 Å². The third kappa shape index (κ3) is 5.61. The highest BCUT2D eigenvalue weighted by Crippen LogP contribution is 2.22. The number of aryl methyl sites for hydroxylation is 1. The molecule has 0 radical (unpaired) electrons. The summed E-state index contributed by atoms with van der Waals surface area (Å²) in [4.78, 5) is 38.2. The van der Waals surface area contributed by atoms with Crippen LogP contribution in [-0.2, 0) is 14.3 Å². The predicted molar refractivity (Wildman–Crippen MR) is 103 cm³/mol. The SMILES string of the molecule is Cc1cc(=O)[nH]c(SCC(=O)O[C@H](C)C(=O)Nc2ccccc2Cl)c1C#N. The van der Waals surface area contributed by atoms with Crippen LogP contribution in [0, 0.1) is 18.3 Å². The summed E-state index contributed by atoms with van der Waals surface area (Å²) >= 11 is 6.93. The number of esters is 1. The van der Waals surface area contributed by atoms with E-state index in [2.05, 4.69) is 10.3 Å². The average molecular weight is 406 g/mol. The quantitative estimate of drug-likeness (QED) is 0.564. The number of hydrogen-bond acceptors (Lipinski definition) is 6. The number of hydrogen-bond donors (Lipinski definition) is 2. The van der Waals surface area contributed by atoms with Crippen LogP contribution >= 0.6 is 23.4 Å². The first kappa shape index (κ1) is 20.6. The Kier molecular flexibility index (Phi) is 7.05. The van der Waals surface area contributed by atoms with Gasteiger partial charge in [0.2, 0.25) is 5.56 Å². The number of anilines is 1. The van der Waals surface area contributed by atoms with Crippen LogP contribution in [0.1, 0.15) is 18.1 Å². The fourth-order valence-corrected chi connectivity index (χ4v) is 3.16. The lowest BCUT2D eigenvalue weighted by Crippen LogP contribution is -2.30. The molecule has 0 spiro atoms. The highest BCUT2D eigenvalue weighted by Gasteiger charge is 2.19. The van der Waals surface area contributed by atoms with E-state index >= 15 is 0 Å². The summed E-state index contributed by atoms with van der Waals surface area (Å²) in [5, 5.41) is 12.4. The smallest absolute Gasteiger partial charge is 0.317 e. The first-order chi connectivity index (χ1) is 12.8. The number of amides is 1. The van der Waals surface area contributed by atoms with Crippen LogP contribution in [0.5, 0.6) is 0 Å². The van der Waals surface area contributed by atoms with E-state index in [0.29, 0.717) is 16.3 Å². The van der Waals surface area contributed by atoms with Gasteiger partial charge >= 0.3 is 5.97 Å². The monoisotopic (exact) mass is 405 g/mol. The Morgan fingerprint density at radius 2 is 2.11 bits per heavy atom. The fraction of sp³-hybridized carbons (Fsp3) is 0.222. The first-order valence-electron chi connectivity index (χ1n) is 7.83. The first-order valence-corrected chi connectivity index (χ1v) is 9.20. The molecule has 1 aromatic heterocycles. The fourth-order valence-electron chi connectivity index (χ4n) is 2.12. The van der Waals surface area contributed by atoms with Crippen molar-refractivity contribution >= 4 is 40.9 Å². The van der Waals surface area contributed by atoms with Crippen LogP contribution < -0.4 is 10.9 Å². The molecule has 1 aromatic carbocycles. The van der Waals surface area contributed by atoms with Gasteiger partial charge in [0.25, 0.3) is 5.91 Å². The van der Waals surface area contributed by atoms with Gasteiger partial charge in [-0.25, -0.2) is 0 Å². The molecule has 7 nitrogen and oxygen atoms in total. The Balaban J connectivity index is 1.94. The molecule has 1 amide bonds. The Morgan fingerprint density at radius 3 is 2.78 bits per heavy atom. The molecule has 0 saturated carbocycles. The standard InChI is InChI=1S/C18H16ClN3O4S/c1-10-7-15(23)22-18(12(10)8-20)27-9-16(24)26-11(2)17(25)21-14-6-4-3-5-13(14)19/h3-7,11H,9H2,1-2H3,(H,21,25)(H,22,23)/t11-/m1/s1. The number of carbonyl (C=O) groups is 2. The van der Waals surface area contributed by atoms with Gasteiger partial charge in [-0.2, -0.15) is 5.26 Å². The van der Waals surface area contributed by atoms with E-state index in [4.69, 9.17) is 16.3 Å². The second-order valence-corrected chi connectivity index (χ2v) is 6.92. The number of benzene rings is 1. The molecular weight excluding hydrogens is 390 g/mol. The molecule has 27 heavy (non-hydrogen) atoms. The minimum absolute atomic E-state index is 0.169. The minimum Gasteiger partial charge on any atom is -0.452 e. The molecule has 2 N–H and O–H groups in total. The molecule has 2 rings (SSSR count). The Bertz CT molecular complexity index is 968. The molecule has 0 aliphatic heterocycles. The molecule has 0 unspecified atom stereocenters. The molecule has 1 heterocycles. The van der Waals surface area contributed by atoms with Crippen molar-refractivity contribution in [2.45, 2.75) is 25.0 Å². The molecular formula is C18H16ClN3O4S. The van der Waals surface area contributed by atoms with Crippen molar-refractivity contribution in [2.75, 3.05) is 11.1 Å². The van der Waals surface area contributed by atoms with Crippen LogP contribution in [-0.4, -0.2) is 28.7 Å². The number of H-pyrrole nitrogens is 1. The third-order valence-corrected chi connectivity index (χ3v) is 4.77. The Labute approximate surface area is 164 Å². The van der Waals surface area contributed by atoms with Crippen molar-refractivity contribution < 1.29 is 14.3 Å². The number of nitrogens with one attached hydrogen (secondary N) is 2. The summed E-state index contributed by atoms with van der Waals surface area (Å²) in [6.07, 6.45) is -1.04. The van der Waals surface area contributed by atoms with Gasteiger partial charge in [-0.05, 0) is 31.5 Å². The van der Waals surface area contributed by atoms with E-state index < -0.39 is 18.0 Å². The van der Waals surface area contributed by atoms with Gasteiger partial charge in [-0.1, -0.05) is 35.5 Å². The zero-order valence-corrected chi connectivity index (χ0v) is 16.1. The molecule has 0 aliphatic carbocycles. The van der Waals surface area contributed by atoms with Gasteiger partial charge < -0.3 is 15.0 Å². The third-order valence-electron chi connectivity index (χ3n) is 3.46. The normalized spacial score (nSPS) is 11.3. The van der Waals surface area contributed by atoms with Crippen molar-refractivity contribution in [1.29, 1.82) is 5.26 Å². The summed E-state index contributed by atoms with van der Waals surface area (Å²) in [7, 11) is 0. The van der Waals surface area contributed by atoms with Gasteiger partial charge in [0.1, 0.15) is 6.07 Å². The van der Waals surface area contributed by atoms with Gasteiger partial charge in [0.15, 0.2) is 6.10 Å². The maximum atomic E-state index is 12.1.